The summed E-state index contributed by atoms with van der Waals surface area (Å²) in [5.74, 6) is -0.338. The second-order valence-corrected chi connectivity index (χ2v) is 5.68. The molecule has 0 fully saturated rings. The Labute approximate surface area is 145 Å². The van der Waals surface area contributed by atoms with Crippen LogP contribution in [-0.2, 0) is 0 Å². The number of nitrogens with zero attached hydrogens (tertiary/aromatic N) is 2. The number of carbonyl (C=O) groups excluding carboxylic acids is 1. The average Bonchev–Trinajstić information content (AvgIpc) is 2.60. The fourth-order valence-electron chi connectivity index (χ4n) is 2.60. The highest BCUT2D eigenvalue weighted by molar-refractivity contribution is 6.31. The summed E-state index contributed by atoms with van der Waals surface area (Å²) in [4.78, 5) is 25.5. The van der Waals surface area contributed by atoms with Crippen LogP contribution < -0.4 is 10.9 Å². The number of carbonyl (C=O) groups is 1. The van der Waals surface area contributed by atoms with E-state index in [1.165, 1.54) is 12.1 Å². The van der Waals surface area contributed by atoms with Gasteiger partial charge < -0.3 is 5.32 Å². The van der Waals surface area contributed by atoms with Crippen LogP contribution in [-0.4, -0.2) is 40.6 Å². The second-order valence-electron chi connectivity index (χ2n) is 5.27. The Morgan fingerprint density at radius 3 is 2.54 bits per heavy atom. The van der Waals surface area contributed by atoms with Gasteiger partial charge in [-0.1, -0.05) is 43.6 Å². The zero-order valence-electron chi connectivity index (χ0n) is 13.8. The zero-order valence-corrected chi connectivity index (χ0v) is 14.5. The van der Waals surface area contributed by atoms with Gasteiger partial charge in [0.2, 0.25) is 0 Å². The third-order valence-corrected chi connectivity index (χ3v) is 4.23. The molecule has 128 valence electrons. The number of H-pyrrole nitrogens is 1. The van der Waals surface area contributed by atoms with E-state index in [0.717, 1.165) is 18.7 Å². The Morgan fingerprint density at radius 1 is 1.25 bits per heavy atom. The van der Waals surface area contributed by atoms with Crippen LogP contribution in [0.3, 0.4) is 0 Å². The summed E-state index contributed by atoms with van der Waals surface area (Å²) in [6, 6.07) is 10.3. The number of hydrogen-bond donors (Lipinski definition) is 2. The maximum Gasteiger partial charge on any atom is 0.271 e. The van der Waals surface area contributed by atoms with E-state index in [1.54, 1.807) is 0 Å². The molecule has 7 heteroatoms. The van der Waals surface area contributed by atoms with E-state index < -0.39 is 0 Å². The molecule has 1 aromatic heterocycles. The minimum atomic E-state index is -0.344. The number of aromatic amines is 1. The number of nitrogens with one attached hydrogen (secondary N) is 2. The Bertz CT molecular complexity index is 723. The van der Waals surface area contributed by atoms with E-state index in [2.05, 4.69) is 34.3 Å². The summed E-state index contributed by atoms with van der Waals surface area (Å²) in [7, 11) is 0. The van der Waals surface area contributed by atoms with Crippen LogP contribution >= 0.6 is 11.6 Å². The Hall–Kier alpha value is -2.18. The molecule has 1 unspecified atom stereocenters. The highest BCUT2D eigenvalue weighted by Gasteiger charge is 2.21. The van der Waals surface area contributed by atoms with Gasteiger partial charge in [-0.2, -0.15) is 5.10 Å². The van der Waals surface area contributed by atoms with Gasteiger partial charge in [-0.3, -0.25) is 14.5 Å². The first-order chi connectivity index (χ1) is 11.6. The fraction of sp³-hybridized carbons (Fsp3) is 0.353. The van der Waals surface area contributed by atoms with Crippen LogP contribution in [0.15, 0.2) is 41.2 Å². The average molecular weight is 349 g/mol. The maximum atomic E-state index is 12.2. The smallest absolute Gasteiger partial charge is 0.271 e. The van der Waals surface area contributed by atoms with Gasteiger partial charge >= 0.3 is 0 Å². The molecule has 0 saturated heterocycles. The van der Waals surface area contributed by atoms with E-state index in [0.29, 0.717) is 11.6 Å². The van der Waals surface area contributed by atoms with Crippen molar-refractivity contribution in [1.82, 2.24) is 20.4 Å². The lowest BCUT2D eigenvalue weighted by Gasteiger charge is -2.30. The molecule has 0 radical (unpaired) electrons. The second kappa shape index (κ2) is 8.61. The van der Waals surface area contributed by atoms with Crippen LogP contribution in [0, 0.1) is 0 Å². The van der Waals surface area contributed by atoms with Crippen molar-refractivity contribution >= 4 is 17.5 Å². The Morgan fingerprint density at radius 2 is 1.96 bits per heavy atom. The van der Waals surface area contributed by atoms with Crippen molar-refractivity contribution in [2.45, 2.75) is 19.9 Å². The maximum absolute atomic E-state index is 12.2. The quantitative estimate of drug-likeness (QED) is 0.804. The molecule has 0 aliphatic carbocycles. The molecule has 0 spiro atoms. The van der Waals surface area contributed by atoms with Crippen LogP contribution in [0.25, 0.3) is 0 Å². The minimum Gasteiger partial charge on any atom is -0.349 e. The minimum absolute atomic E-state index is 0.0413. The number of aromatic nitrogens is 2. The molecule has 6 nitrogen and oxygen atoms in total. The van der Waals surface area contributed by atoms with Gasteiger partial charge in [0.15, 0.2) is 0 Å². The van der Waals surface area contributed by atoms with E-state index in [4.69, 9.17) is 11.6 Å². The first-order valence-corrected chi connectivity index (χ1v) is 8.27. The van der Waals surface area contributed by atoms with Crippen molar-refractivity contribution in [3.8, 4) is 0 Å². The summed E-state index contributed by atoms with van der Waals surface area (Å²) in [6.07, 6.45) is 0. The molecular formula is C17H21ClN4O2. The molecule has 0 aliphatic heterocycles. The molecule has 1 amide bonds. The summed E-state index contributed by atoms with van der Waals surface area (Å²) in [6.45, 7) is 6.20. The van der Waals surface area contributed by atoms with Crippen LogP contribution in [0.2, 0.25) is 5.02 Å². The zero-order chi connectivity index (χ0) is 17.5. The first kappa shape index (κ1) is 18.2. The van der Waals surface area contributed by atoms with Crippen LogP contribution in [0.4, 0.5) is 0 Å². The van der Waals surface area contributed by atoms with Gasteiger partial charge in [-0.05, 0) is 30.8 Å². The Balaban J connectivity index is 2.16. The number of likely N-dealkylation sites (N-methyl/N-ethyl adjacent to an activating group) is 1. The number of rotatable bonds is 7. The lowest BCUT2D eigenvalue weighted by Crippen LogP contribution is -2.38. The number of benzene rings is 1. The molecule has 1 aromatic carbocycles. The normalized spacial score (nSPS) is 12.2. The molecule has 0 saturated carbocycles. The molecule has 0 aliphatic rings. The van der Waals surface area contributed by atoms with Crippen molar-refractivity contribution < 1.29 is 4.79 Å². The lowest BCUT2D eigenvalue weighted by molar-refractivity contribution is 0.0929. The van der Waals surface area contributed by atoms with Crippen molar-refractivity contribution in [2.75, 3.05) is 19.6 Å². The van der Waals surface area contributed by atoms with Crippen molar-refractivity contribution in [3.05, 3.63) is 63.0 Å². The lowest BCUT2D eigenvalue weighted by atomic mass is 10.0. The summed E-state index contributed by atoms with van der Waals surface area (Å²) in [5.41, 5.74) is 0.799. The summed E-state index contributed by atoms with van der Waals surface area (Å²) in [5, 5.41) is 9.54. The highest BCUT2D eigenvalue weighted by atomic mass is 35.5. The standard InChI is InChI=1S/C17H21ClN4O2/c1-3-22(4-2)15(12-7-5-6-8-13(12)18)11-19-17(24)14-9-10-16(23)21-20-14/h5-10,15H,3-4,11H2,1-2H3,(H,19,24)(H,21,23). The topological polar surface area (TPSA) is 78.1 Å². The SMILES string of the molecule is CCN(CC)C(CNC(=O)c1ccc(=O)[nH]n1)c1ccccc1Cl. The molecule has 2 rings (SSSR count). The van der Waals surface area contributed by atoms with Gasteiger partial charge in [-0.15, -0.1) is 0 Å². The Kier molecular flexibility index (Phi) is 6.52. The predicted octanol–water partition coefficient (Wildman–Crippen LogP) is 2.24. The first-order valence-electron chi connectivity index (χ1n) is 7.89. The number of halogens is 1. The largest absolute Gasteiger partial charge is 0.349 e. The molecule has 2 aromatic rings. The fourth-order valence-corrected chi connectivity index (χ4v) is 2.86. The van der Waals surface area contributed by atoms with Gasteiger partial charge in [0.05, 0.1) is 6.04 Å². The van der Waals surface area contributed by atoms with E-state index in [1.807, 2.05) is 24.3 Å². The third-order valence-electron chi connectivity index (χ3n) is 3.89. The summed E-state index contributed by atoms with van der Waals surface area (Å²) >= 11 is 6.34. The monoisotopic (exact) mass is 348 g/mol. The van der Waals surface area contributed by atoms with Crippen LogP contribution in [0.1, 0.15) is 35.9 Å². The van der Waals surface area contributed by atoms with Gasteiger partial charge in [0.1, 0.15) is 5.69 Å². The summed E-state index contributed by atoms with van der Waals surface area (Å²) < 4.78 is 0. The predicted molar refractivity (Wildman–Crippen MR) is 94.3 cm³/mol. The van der Waals surface area contributed by atoms with Crippen molar-refractivity contribution in [2.24, 2.45) is 0 Å². The molecule has 1 heterocycles. The van der Waals surface area contributed by atoms with Gasteiger partial charge in [-0.25, -0.2) is 5.10 Å². The van der Waals surface area contributed by atoms with Crippen molar-refractivity contribution in [3.63, 3.8) is 0 Å². The molecule has 1 atom stereocenters. The van der Waals surface area contributed by atoms with E-state index >= 15 is 0 Å². The van der Waals surface area contributed by atoms with E-state index in [9.17, 15) is 9.59 Å². The highest BCUT2D eigenvalue weighted by Crippen LogP contribution is 2.26. The van der Waals surface area contributed by atoms with Gasteiger partial charge in [0.25, 0.3) is 11.5 Å². The van der Waals surface area contributed by atoms with Gasteiger partial charge in [0, 0.05) is 17.6 Å². The molecule has 24 heavy (non-hydrogen) atoms. The van der Waals surface area contributed by atoms with Crippen molar-refractivity contribution in [1.29, 1.82) is 0 Å². The number of amides is 1. The van der Waals surface area contributed by atoms with E-state index in [-0.39, 0.29) is 23.2 Å². The molecule has 2 N–H and O–H groups in total. The molecular weight excluding hydrogens is 328 g/mol. The number of hydrogen-bond acceptors (Lipinski definition) is 4. The molecule has 0 bridgehead atoms. The third kappa shape index (κ3) is 4.43. The van der Waals surface area contributed by atoms with Crippen LogP contribution in [0.5, 0.6) is 0 Å².